The molecule has 0 fully saturated rings. The maximum Gasteiger partial charge on any atom is 0.433 e. The average molecular weight is 435 g/mol. The van der Waals surface area contributed by atoms with Crippen molar-refractivity contribution in [3.63, 3.8) is 0 Å². The summed E-state index contributed by atoms with van der Waals surface area (Å²) in [4.78, 5) is 25.9. The van der Waals surface area contributed by atoms with E-state index in [1.807, 2.05) is 0 Å². The number of rotatable bonds is 3. The normalized spacial score (nSPS) is 19.3. The van der Waals surface area contributed by atoms with Gasteiger partial charge < -0.3 is 5.73 Å². The van der Waals surface area contributed by atoms with Gasteiger partial charge in [-0.1, -0.05) is 6.07 Å². The van der Waals surface area contributed by atoms with Gasteiger partial charge in [0.15, 0.2) is 11.5 Å². The third-order valence-corrected chi connectivity index (χ3v) is 5.39. The molecule has 1 aliphatic rings. The number of nitrogens with two attached hydrogens (primary N) is 1. The van der Waals surface area contributed by atoms with Crippen molar-refractivity contribution in [2.75, 3.05) is 7.05 Å². The number of carbonyl (C=O) groups excluding carboxylic acids is 1. The summed E-state index contributed by atoms with van der Waals surface area (Å²) in [5, 5.41) is 1.61. The molecule has 1 aliphatic heterocycles. The second-order valence-electron chi connectivity index (χ2n) is 6.54. The number of aliphatic imine (C=N–C) groups is 1. The van der Waals surface area contributed by atoms with Crippen LogP contribution in [0.5, 0.6) is 0 Å². The van der Waals surface area contributed by atoms with Gasteiger partial charge in [0.2, 0.25) is 0 Å². The van der Waals surface area contributed by atoms with E-state index in [-0.39, 0.29) is 22.6 Å². The summed E-state index contributed by atoms with van der Waals surface area (Å²) in [5.41, 5.74) is 4.74. The van der Waals surface area contributed by atoms with Gasteiger partial charge in [-0.3, -0.25) is 14.7 Å². The molecule has 1 aromatic carbocycles. The summed E-state index contributed by atoms with van der Waals surface area (Å²) >= 11 is 1.25. The van der Waals surface area contributed by atoms with Crippen LogP contribution in [-0.2, 0) is 16.5 Å². The molecule has 3 heterocycles. The Labute approximate surface area is 171 Å². The largest absolute Gasteiger partial charge is 0.433 e. The van der Waals surface area contributed by atoms with Gasteiger partial charge in [0.25, 0.3) is 5.91 Å². The zero-order chi connectivity index (χ0) is 21.7. The van der Waals surface area contributed by atoms with Crippen molar-refractivity contribution in [3.8, 4) is 11.3 Å². The van der Waals surface area contributed by atoms with Gasteiger partial charge in [0, 0.05) is 24.2 Å². The smallest absolute Gasteiger partial charge is 0.369 e. The first-order valence-electron chi connectivity index (χ1n) is 8.50. The van der Waals surface area contributed by atoms with Crippen molar-refractivity contribution < 1.29 is 22.4 Å². The van der Waals surface area contributed by atoms with Crippen LogP contribution in [0.2, 0.25) is 0 Å². The van der Waals surface area contributed by atoms with E-state index < -0.39 is 29.1 Å². The zero-order valence-corrected chi connectivity index (χ0v) is 16.1. The number of aromatic nitrogens is 2. The van der Waals surface area contributed by atoms with Crippen molar-refractivity contribution in [2.24, 2.45) is 10.7 Å². The van der Waals surface area contributed by atoms with Crippen LogP contribution in [0.4, 0.5) is 17.6 Å². The number of nitrogens with zero attached hydrogens (tertiary/aromatic N) is 4. The number of alkyl halides is 3. The van der Waals surface area contributed by atoms with Crippen LogP contribution in [0.15, 0.2) is 52.4 Å². The minimum absolute atomic E-state index is 0.0852. The number of hydrogen-bond acceptors (Lipinski definition) is 6. The Morgan fingerprint density at radius 3 is 2.47 bits per heavy atom. The Morgan fingerprint density at radius 1 is 1.13 bits per heavy atom. The standard InChI is InChI=1S/C19H13F4N5OS/c1-28-16(29)18(27-17(28)24,11-4-5-25-15(7-11)19(21,22)23)10-2-3-13(20)12(6-10)14-8-30-9-26-14/h2-9H,1H3,(H2,24,27). The van der Waals surface area contributed by atoms with Crippen LogP contribution in [0.3, 0.4) is 0 Å². The second kappa shape index (κ2) is 6.87. The van der Waals surface area contributed by atoms with E-state index in [0.29, 0.717) is 5.69 Å². The Bertz CT molecular complexity index is 1160. The van der Waals surface area contributed by atoms with Crippen molar-refractivity contribution in [2.45, 2.75) is 11.7 Å². The van der Waals surface area contributed by atoms with Crippen molar-refractivity contribution in [1.82, 2.24) is 14.9 Å². The molecule has 0 radical (unpaired) electrons. The number of pyridine rings is 1. The van der Waals surface area contributed by atoms with Crippen LogP contribution in [0.25, 0.3) is 11.3 Å². The lowest BCUT2D eigenvalue weighted by atomic mass is 9.82. The maximum absolute atomic E-state index is 14.5. The highest BCUT2D eigenvalue weighted by molar-refractivity contribution is 7.07. The van der Waals surface area contributed by atoms with Gasteiger partial charge in [-0.2, -0.15) is 13.2 Å². The average Bonchev–Trinajstić information content (AvgIpc) is 3.32. The molecule has 1 atom stereocenters. The fraction of sp³-hybridized carbons (Fsp3) is 0.158. The first-order valence-corrected chi connectivity index (χ1v) is 9.44. The monoisotopic (exact) mass is 435 g/mol. The topological polar surface area (TPSA) is 84.5 Å². The van der Waals surface area contributed by atoms with E-state index in [0.717, 1.165) is 23.2 Å². The number of benzene rings is 1. The third kappa shape index (κ3) is 3.02. The van der Waals surface area contributed by atoms with Crippen LogP contribution in [0, 0.1) is 5.82 Å². The molecule has 6 nitrogen and oxygen atoms in total. The Kier molecular flexibility index (Phi) is 4.57. The maximum atomic E-state index is 14.5. The molecule has 1 unspecified atom stereocenters. The Morgan fingerprint density at radius 2 is 1.87 bits per heavy atom. The molecule has 3 aromatic rings. The molecule has 154 valence electrons. The van der Waals surface area contributed by atoms with Gasteiger partial charge in [-0.15, -0.1) is 11.3 Å². The molecule has 11 heteroatoms. The first kappa shape index (κ1) is 20.0. The minimum atomic E-state index is -4.73. The third-order valence-electron chi connectivity index (χ3n) is 4.80. The van der Waals surface area contributed by atoms with Crippen molar-refractivity contribution >= 4 is 23.2 Å². The van der Waals surface area contributed by atoms with Gasteiger partial charge in [-0.25, -0.2) is 14.4 Å². The fourth-order valence-electron chi connectivity index (χ4n) is 3.29. The summed E-state index contributed by atoms with van der Waals surface area (Å²) in [6.07, 6.45) is -3.78. The molecule has 0 saturated carbocycles. The molecule has 2 aromatic heterocycles. The molecule has 30 heavy (non-hydrogen) atoms. The lowest BCUT2D eigenvalue weighted by Gasteiger charge is -2.27. The number of likely N-dealkylation sites (N-methyl/N-ethyl adjacent to an activating group) is 1. The molecule has 0 saturated heterocycles. The predicted octanol–water partition coefficient (Wildman–Crippen LogP) is 3.39. The quantitative estimate of drug-likeness (QED) is 0.640. The van der Waals surface area contributed by atoms with E-state index in [4.69, 9.17) is 5.73 Å². The summed E-state index contributed by atoms with van der Waals surface area (Å²) in [6.45, 7) is 0. The van der Waals surface area contributed by atoms with Crippen LogP contribution in [0.1, 0.15) is 16.8 Å². The number of hydrogen-bond donors (Lipinski definition) is 1. The summed E-state index contributed by atoms with van der Waals surface area (Å²) < 4.78 is 54.2. The number of thiazole rings is 1. The van der Waals surface area contributed by atoms with Gasteiger partial charge >= 0.3 is 6.18 Å². The Hall–Kier alpha value is -3.34. The summed E-state index contributed by atoms with van der Waals surface area (Å²) in [5.74, 6) is -1.44. The number of carbonyl (C=O) groups is 1. The molecule has 4 rings (SSSR count). The van der Waals surface area contributed by atoms with Crippen molar-refractivity contribution in [3.05, 3.63) is 70.1 Å². The van der Waals surface area contributed by atoms with Crippen LogP contribution >= 0.6 is 11.3 Å². The van der Waals surface area contributed by atoms with E-state index >= 15 is 0 Å². The van der Waals surface area contributed by atoms with Crippen molar-refractivity contribution in [1.29, 1.82) is 0 Å². The van der Waals surface area contributed by atoms with Gasteiger partial charge in [0.05, 0.1) is 11.2 Å². The minimum Gasteiger partial charge on any atom is -0.369 e. The first-order chi connectivity index (χ1) is 14.1. The van der Waals surface area contributed by atoms with E-state index in [2.05, 4.69) is 15.0 Å². The summed E-state index contributed by atoms with van der Waals surface area (Å²) in [7, 11) is 1.36. The zero-order valence-electron chi connectivity index (χ0n) is 15.3. The van der Waals surface area contributed by atoms with E-state index in [9.17, 15) is 22.4 Å². The van der Waals surface area contributed by atoms with Gasteiger partial charge in [0.1, 0.15) is 11.5 Å². The molecular weight excluding hydrogens is 422 g/mol. The molecule has 0 bridgehead atoms. The Balaban J connectivity index is 1.99. The highest BCUT2D eigenvalue weighted by atomic mass is 32.1. The number of halogens is 4. The van der Waals surface area contributed by atoms with Gasteiger partial charge in [-0.05, 0) is 35.4 Å². The highest BCUT2D eigenvalue weighted by Gasteiger charge is 2.50. The summed E-state index contributed by atoms with van der Waals surface area (Å²) in [6, 6.07) is 5.78. The lowest BCUT2D eigenvalue weighted by Crippen LogP contribution is -2.41. The predicted molar refractivity (Wildman–Crippen MR) is 102 cm³/mol. The molecule has 0 spiro atoms. The SMILES string of the molecule is CN1C(=O)C(c2ccnc(C(F)(F)F)c2)(c2ccc(F)c(-c3cscn3)c2)N=C1N. The van der Waals surface area contributed by atoms with Crippen LogP contribution < -0.4 is 5.73 Å². The molecule has 2 N–H and O–H groups in total. The number of amides is 1. The van der Waals surface area contributed by atoms with Crippen LogP contribution in [-0.4, -0.2) is 33.8 Å². The molecule has 1 amide bonds. The fourth-order valence-corrected chi connectivity index (χ4v) is 3.84. The van der Waals surface area contributed by atoms with E-state index in [1.165, 1.54) is 42.1 Å². The molecular formula is C19H13F4N5OS. The lowest BCUT2D eigenvalue weighted by molar-refractivity contribution is -0.141. The second-order valence-corrected chi connectivity index (χ2v) is 7.26. The number of guanidine groups is 1. The highest BCUT2D eigenvalue weighted by Crippen LogP contribution is 2.42. The van der Waals surface area contributed by atoms with E-state index in [1.54, 1.807) is 5.38 Å². The molecule has 0 aliphatic carbocycles.